The molecule has 0 fully saturated rings. The maximum absolute atomic E-state index is 5.97. The Balaban J connectivity index is 1.76. The van der Waals surface area contributed by atoms with Gasteiger partial charge in [-0.3, -0.25) is 9.67 Å². The molecule has 0 amide bonds. The minimum absolute atomic E-state index is 0.753. The van der Waals surface area contributed by atoms with E-state index in [2.05, 4.69) is 15.4 Å². The SMILES string of the molecule is Cn1ccc(CCNc2ccc(N)c3cccnc23)n1. The van der Waals surface area contributed by atoms with Gasteiger partial charge in [0.1, 0.15) is 0 Å². The highest BCUT2D eigenvalue weighted by Gasteiger charge is 2.05. The molecule has 5 heteroatoms. The zero-order valence-corrected chi connectivity index (χ0v) is 11.4. The molecule has 3 rings (SSSR count). The van der Waals surface area contributed by atoms with E-state index in [-0.39, 0.29) is 0 Å². The van der Waals surface area contributed by atoms with Gasteiger partial charge >= 0.3 is 0 Å². The molecule has 1 aromatic carbocycles. The van der Waals surface area contributed by atoms with Crippen LogP contribution in [0.3, 0.4) is 0 Å². The number of aryl methyl sites for hydroxylation is 1. The second-order valence-electron chi connectivity index (χ2n) is 4.76. The van der Waals surface area contributed by atoms with E-state index in [9.17, 15) is 0 Å². The van der Waals surface area contributed by atoms with Gasteiger partial charge in [-0.25, -0.2) is 0 Å². The minimum atomic E-state index is 0.753. The topological polar surface area (TPSA) is 68.8 Å². The van der Waals surface area contributed by atoms with E-state index in [4.69, 9.17) is 5.73 Å². The summed E-state index contributed by atoms with van der Waals surface area (Å²) in [7, 11) is 1.92. The molecule has 0 radical (unpaired) electrons. The lowest BCUT2D eigenvalue weighted by Crippen LogP contribution is -2.07. The van der Waals surface area contributed by atoms with Gasteiger partial charge in [0.15, 0.2) is 0 Å². The fourth-order valence-corrected chi connectivity index (χ4v) is 2.26. The molecular formula is C15H17N5. The molecule has 20 heavy (non-hydrogen) atoms. The second-order valence-corrected chi connectivity index (χ2v) is 4.76. The highest BCUT2D eigenvalue weighted by molar-refractivity contribution is 5.98. The third-order valence-electron chi connectivity index (χ3n) is 3.27. The van der Waals surface area contributed by atoms with Gasteiger partial charge in [-0.1, -0.05) is 0 Å². The summed E-state index contributed by atoms with van der Waals surface area (Å²) in [6.07, 6.45) is 4.61. The Bertz CT molecular complexity index is 732. The summed E-state index contributed by atoms with van der Waals surface area (Å²) in [5.74, 6) is 0. The van der Waals surface area contributed by atoms with Crippen molar-refractivity contribution in [2.75, 3.05) is 17.6 Å². The van der Waals surface area contributed by atoms with Gasteiger partial charge in [-0.05, 0) is 30.3 Å². The molecule has 3 N–H and O–H groups in total. The van der Waals surface area contributed by atoms with Gasteiger partial charge < -0.3 is 11.1 Å². The first-order valence-electron chi connectivity index (χ1n) is 6.59. The summed E-state index contributed by atoms with van der Waals surface area (Å²) in [6.45, 7) is 0.812. The summed E-state index contributed by atoms with van der Waals surface area (Å²) in [4.78, 5) is 4.41. The highest BCUT2D eigenvalue weighted by atomic mass is 15.2. The summed E-state index contributed by atoms with van der Waals surface area (Å²) < 4.78 is 1.81. The highest BCUT2D eigenvalue weighted by Crippen LogP contribution is 2.26. The lowest BCUT2D eigenvalue weighted by atomic mass is 10.1. The first-order valence-corrected chi connectivity index (χ1v) is 6.59. The van der Waals surface area contributed by atoms with Gasteiger partial charge in [0.2, 0.25) is 0 Å². The van der Waals surface area contributed by atoms with Crippen LogP contribution in [0.1, 0.15) is 5.69 Å². The molecular weight excluding hydrogens is 250 g/mol. The third-order valence-corrected chi connectivity index (χ3v) is 3.27. The lowest BCUT2D eigenvalue weighted by Gasteiger charge is -2.09. The molecule has 0 aliphatic carbocycles. The Morgan fingerprint density at radius 2 is 2.15 bits per heavy atom. The monoisotopic (exact) mass is 267 g/mol. The van der Waals surface area contributed by atoms with E-state index in [0.717, 1.165) is 40.9 Å². The number of fused-ring (bicyclic) bond motifs is 1. The number of nitrogens with two attached hydrogens (primary N) is 1. The second kappa shape index (κ2) is 5.21. The maximum Gasteiger partial charge on any atom is 0.0953 e. The number of benzene rings is 1. The first-order chi connectivity index (χ1) is 9.74. The van der Waals surface area contributed by atoms with Gasteiger partial charge in [0.25, 0.3) is 0 Å². The van der Waals surface area contributed by atoms with E-state index in [1.54, 1.807) is 6.20 Å². The van der Waals surface area contributed by atoms with Crippen molar-refractivity contribution in [2.24, 2.45) is 7.05 Å². The average Bonchev–Trinajstić information content (AvgIpc) is 2.87. The number of hydrogen-bond acceptors (Lipinski definition) is 4. The molecule has 0 unspecified atom stereocenters. The minimum Gasteiger partial charge on any atom is -0.398 e. The Labute approximate surface area is 117 Å². The molecule has 3 aromatic rings. The quantitative estimate of drug-likeness (QED) is 0.711. The van der Waals surface area contributed by atoms with E-state index in [0.29, 0.717) is 0 Å². The number of aromatic nitrogens is 3. The molecule has 102 valence electrons. The van der Waals surface area contributed by atoms with Crippen molar-refractivity contribution < 1.29 is 0 Å². The molecule has 0 aliphatic rings. The van der Waals surface area contributed by atoms with Crippen molar-refractivity contribution in [3.8, 4) is 0 Å². The Morgan fingerprint density at radius 3 is 2.95 bits per heavy atom. The third kappa shape index (κ3) is 2.42. The number of pyridine rings is 1. The molecule has 0 saturated carbocycles. The van der Waals surface area contributed by atoms with Crippen LogP contribution in [-0.4, -0.2) is 21.3 Å². The number of anilines is 2. The number of nitrogens with zero attached hydrogens (tertiary/aromatic N) is 3. The normalized spacial score (nSPS) is 10.8. The average molecular weight is 267 g/mol. The van der Waals surface area contributed by atoms with Crippen LogP contribution in [0.5, 0.6) is 0 Å². The molecule has 0 aliphatic heterocycles. The summed E-state index contributed by atoms with van der Waals surface area (Å²) in [5.41, 5.74) is 9.71. The molecule has 2 heterocycles. The largest absolute Gasteiger partial charge is 0.398 e. The summed E-state index contributed by atoms with van der Waals surface area (Å²) in [5, 5.41) is 8.75. The number of nitrogen functional groups attached to an aromatic ring is 1. The Hall–Kier alpha value is -2.56. The predicted molar refractivity (Wildman–Crippen MR) is 81.6 cm³/mol. The van der Waals surface area contributed by atoms with Crippen molar-refractivity contribution in [1.29, 1.82) is 0 Å². The van der Waals surface area contributed by atoms with Crippen LogP contribution >= 0.6 is 0 Å². The number of nitrogens with one attached hydrogen (secondary N) is 1. The van der Waals surface area contributed by atoms with E-state index < -0.39 is 0 Å². The van der Waals surface area contributed by atoms with Crippen molar-refractivity contribution in [3.63, 3.8) is 0 Å². The Morgan fingerprint density at radius 1 is 1.25 bits per heavy atom. The van der Waals surface area contributed by atoms with Crippen LogP contribution in [0.4, 0.5) is 11.4 Å². The van der Waals surface area contributed by atoms with Crippen molar-refractivity contribution in [1.82, 2.24) is 14.8 Å². The van der Waals surface area contributed by atoms with Gasteiger partial charge in [0.05, 0.1) is 16.9 Å². The van der Waals surface area contributed by atoms with Crippen LogP contribution < -0.4 is 11.1 Å². The zero-order chi connectivity index (χ0) is 13.9. The molecule has 0 spiro atoms. The molecule has 0 saturated heterocycles. The van der Waals surface area contributed by atoms with Gasteiger partial charge in [-0.2, -0.15) is 5.10 Å². The molecule has 2 aromatic heterocycles. The van der Waals surface area contributed by atoms with Crippen LogP contribution in [0.15, 0.2) is 42.7 Å². The van der Waals surface area contributed by atoms with E-state index >= 15 is 0 Å². The molecule has 5 nitrogen and oxygen atoms in total. The molecule has 0 atom stereocenters. The standard InChI is InChI=1S/C15H17N5/c1-20-10-7-11(19-20)6-9-17-14-5-4-13(16)12-3-2-8-18-15(12)14/h2-5,7-8,10,17H,6,9,16H2,1H3. The van der Waals surface area contributed by atoms with Crippen molar-refractivity contribution in [2.45, 2.75) is 6.42 Å². The number of rotatable bonds is 4. The van der Waals surface area contributed by atoms with Crippen LogP contribution in [0, 0.1) is 0 Å². The maximum atomic E-state index is 5.97. The van der Waals surface area contributed by atoms with Crippen molar-refractivity contribution in [3.05, 3.63) is 48.4 Å². The van der Waals surface area contributed by atoms with E-state index in [1.165, 1.54) is 0 Å². The van der Waals surface area contributed by atoms with E-state index in [1.807, 2.05) is 48.3 Å². The van der Waals surface area contributed by atoms with Crippen LogP contribution in [-0.2, 0) is 13.5 Å². The zero-order valence-electron chi connectivity index (χ0n) is 11.4. The number of hydrogen-bond donors (Lipinski definition) is 2. The Kier molecular flexibility index (Phi) is 3.25. The predicted octanol–water partition coefficient (Wildman–Crippen LogP) is 2.21. The lowest BCUT2D eigenvalue weighted by molar-refractivity contribution is 0.742. The summed E-state index contributed by atoms with van der Waals surface area (Å²) in [6, 6.07) is 9.80. The smallest absolute Gasteiger partial charge is 0.0953 e. The fraction of sp³-hybridized carbons (Fsp3) is 0.200. The fourth-order valence-electron chi connectivity index (χ4n) is 2.26. The van der Waals surface area contributed by atoms with Gasteiger partial charge in [0, 0.05) is 43.5 Å². The van der Waals surface area contributed by atoms with Gasteiger partial charge in [-0.15, -0.1) is 0 Å². The van der Waals surface area contributed by atoms with Crippen molar-refractivity contribution >= 4 is 22.3 Å². The summed E-state index contributed by atoms with van der Waals surface area (Å²) >= 11 is 0. The van der Waals surface area contributed by atoms with Crippen LogP contribution in [0.25, 0.3) is 10.9 Å². The molecule has 0 bridgehead atoms. The van der Waals surface area contributed by atoms with Crippen LogP contribution in [0.2, 0.25) is 0 Å². The first kappa shape index (κ1) is 12.5.